The van der Waals surface area contributed by atoms with Crippen molar-refractivity contribution in [1.29, 1.82) is 0 Å². The number of imidazole rings is 1. The summed E-state index contributed by atoms with van der Waals surface area (Å²) < 4.78 is 43.7. The van der Waals surface area contributed by atoms with Crippen molar-refractivity contribution in [3.63, 3.8) is 0 Å². The number of benzene rings is 1. The first-order valence-electron chi connectivity index (χ1n) is 10.5. The number of aromatic nitrogens is 2. The lowest BCUT2D eigenvalue weighted by Crippen LogP contribution is -2.28. The second-order valence-corrected chi connectivity index (χ2v) is 12.4. The number of amides is 1. The highest BCUT2D eigenvalue weighted by atomic mass is 32.2. The number of nitrogens with zero attached hydrogens (tertiary/aromatic N) is 2. The molecule has 0 saturated heterocycles. The van der Waals surface area contributed by atoms with Crippen molar-refractivity contribution in [2.75, 3.05) is 0 Å². The van der Waals surface area contributed by atoms with Crippen molar-refractivity contribution in [2.24, 2.45) is 5.92 Å². The second-order valence-electron chi connectivity index (χ2n) is 9.36. The van der Waals surface area contributed by atoms with E-state index in [1.54, 1.807) is 35.3 Å². The van der Waals surface area contributed by atoms with Crippen LogP contribution in [0, 0.1) is 11.7 Å². The highest BCUT2D eigenvalue weighted by Crippen LogP contribution is 2.37. The minimum Gasteiger partial charge on any atom is -0.464 e. The van der Waals surface area contributed by atoms with Gasteiger partial charge in [0.15, 0.2) is 0 Å². The predicted octanol–water partition coefficient (Wildman–Crippen LogP) is 5.25. The maximum atomic E-state index is 15.1. The van der Waals surface area contributed by atoms with Crippen LogP contribution >= 0.6 is 11.3 Å². The molecule has 0 aliphatic rings. The Hall–Kier alpha value is -2.72. The van der Waals surface area contributed by atoms with Gasteiger partial charge >= 0.3 is 6.09 Å². The molecule has 33 heavy (non-hydrogen) atoms. The SMILES string of the molecule is CC(C)Cc1cc(-c2ccc(Cn3ccnc3C(C)(C)C)c(F)c2)c(S(=O)(=O)NC(=O)O)s1. The zero-order chi connectivity index (χ0) is 24.6. The molecule has 3 rings (SSSR count). The molecule has 0 aliphatic carbocycles. The molecule has 0 aliphatic heterocycles. The van der Waals surface area contributed by atoms with Gasteiger partial charge in [-0.1, -0.05) is 46.8 Å². The van der Waals surface area contributed by atoms with Gasteiger partial charge in [0.05, 0.1) is 6.54 Å². The fourth-order valence-electron chi connectivity index (χ4n) is 3.60. The molecule has 2 N–H and O–H groups in total. The number of rotatable bonds is 7. The molecule has 178 valence electrons. The number of thiophene rings is 1. The number of hydrogen-bond donors (Lipinski definition) is 2. The highest BCUT2D eigenvalue weighted by Gasteiger charge is 2.26. The summed E-state index contributed by atoms with van der Waals surface area (Å²) in [5.74, 6) is 0.619. The summed E-state index contributed by atoms with van der Waals surface area (Å²) in [7, 11) is -4.31. The lowest BCUT2D eigenvalue weighted by Gasteiger charge is -2.20. The molecule has 0 fully saturated rings. The van der Waals surface area contributed by atoms with Crippen molar-refractivity contribution in [3.05, 3.63) is 58.7 Å². The van der Waals surface area contributed by atoms with Crippen LogP contribution in [0.3, 0.4) is 0 Å². The van der Waals surface area contributed by atoms with Crippen LogP contribution in [0.4, 0.5) is 9.18 Å². The van der Waals surface area contributed by atoms with Gasteiger partial charge in [0, 0.05) is 33.8 Å². The summed E-state index contributed by atoms with van der Waals surface area (Å²) in [6, 6.07) is 6.28. The van der Waals surface area contributed by atoms with Gasteiger partial charge in [0.2, 0.25) is 0 Å². The number of hydrogen-bond acceptors (Lipinski definition) is 5. The Bertz CT molecular complexity index is 1270. The van der Waals surface area contributed by atoms with Gasteiger partial charge in [-0.3, -0.25) is 0 Å². The minimum absolute atomic E-state index is 0.141. The van der Waals surface area contributed by atoms with Crippen LogP contribution < -0.4 is 4.72 Å². The molecule has 3 aromatic rings. The van der Waals surface area contributed by atoms with E-state index in [2.05, 4.69) is 4.98 Å². The third kappa shape index (κ3) is 5.80. The summed E-state index contributed by atoms with van der Waals surface area (Å²) in [6.07, 6.45) is 2.43. The predicted molar refractivity (Wildman–Crippen MR) is 127 cm³/mol. The van der Waals surface area contributed by atoms with Gasteiger partial charge in [-0.05, 0) is 30.0 Å². The standard InChI is InChI=1S/C23H28FN3O4S2/c1-14(2)10-17-12-18(20(32-17)33(30,31)26-22(28)29)15-6-7-16(19(24)11-15)13-27-9-8-25-21(27)23(3,4)5/h6-9,11-12,14,26H,10,13H2,1-5H3,(H,28,29). The first-order chi connectivity index (χ1) is 15.3. The monoisotopic (exact) mass is 493 g/mol. The first kappa shape index (κ1) is 24.9. The molecular formula is C23H28FN3O4S2. The quantitative estimate of drug-likeness (QED) is 0.468. The van der Waals surface area contributed by atoms with E-state index in [0.717, 1.165) is 22.0 Å². The van der Waals surface area contributed by atoms with E-state index in [-0.39, 0.29) is 27.7 Å². The largest absolute Gasteiger partial charge is 0.464 e. The zero-order valence-electron chi connectivity index (χ0n) is 19.2. The average molecular weight is 494 g/mol. The van der Waals surface area contributed by atoms with Crippen molar-refractivity contribution in [3.8, 4) is 11.1 Å². The van der Waals surface area contributed by atoms with Crippen LogP contribution in [-0.4, -0.2) is 29.2 Å². The number of carbonyl (C=O) groups is 1. The third-order valence-electron chi connectivity index (χ3n) is 4.92. The number of halogens is 1. The van der Waals surface area contributed by atoms with E-state index in [1.165, 1.54) is 6.07 Å². The topological polar surface area (TPSA) is 101 Å². The number of carboxylic acid groups (broad SMARTS) is 1. The van der Waals surface area contributed by atoms with Crippen molar-refractivity contribution in [1.82, 2.24) is 14.3 Å². The smallest absolute Gasteiger partial charge is 0.418 e. The molecule has 7 nitrogen and oxygen atoms in total. The molecule has 0 radical (unpaired) electrons. The van der Waals surface area contributed by atoms with Crippen molar-refractivity contribution in [2.45, 2.75) is 57.2 Å². The lowest BCUT2D eigenvalue weighted by atomic mass is 9.95. The van der Waals surface area contributed by atoms with Crippen LogP contribution in [0.25, 0.3) is 11.1 Å². The van der Waals surface area contributed by atoms with Crippen molar-refractivity contribution < 1.29 is 22.7 Å². The Morgan fingerprint density at radius 1 is 1.27 bits per heavy atom. The first-order valence-corrected chi connectivity index (χ1v) is 12.8. The molecule has 0 bridgehead atoms. The van der Waals surface area contributed by atoms with Gasteiger partial charge in [0.1, 0.15) is 15.9 Å². The molecule has 1 amide bonds. The van der Waals surface area contributed by atoms with Gasteiger partial charge in [0.25, 0.3) is 10.0 Å². The summed E-state index contributed by atoms with van der Waals surface area (Å²) in [5.41, 5.74) is 0.889. The Morgan fingerprint density at radius 3 is 2.55 bits per heavy atom. The normalized spacial score (nSPS) is 12.3. The number of sulfonamides is 1. The van der Waals surface area contributed by atoms with E-state index in [4.69, 9.17) is 5.11 Å². The minimum atomic E-state index is -4.31. The van der Waals surface area contributed by atoms with Crippen molar-refractivity contribution >= 4 is 27.5 Å². The molecule has 0 saturated carbocycles. The summed E-state index contributed by atoms with van der Waals surface area (Å²) >= 11 is 1.00. The molecule has 0 atom stereocenters. The van der Waals surface area contributed by atoms with Gasteiger partial charge in [-0.2, -0.15) is 0 Å². The van der Waals surface area contributed by atoms with Gasteiger partial charge in [-0.15, -0.1) is 11.3 Å². The highest BCUT2D eigenvalue weighted by molar-refractivity contribution is 7.92. The maximum Gasteiger partial charge on any atom is 0.418 e. The second kappa shape index (κ2) is 9.26. The Balaban J connectivity index is 2.02. The van der Waals surface area contributed by atoms with Gasteiger partial charge in [-0.25, -0.2) is 27.3 Å². The molecule has 0 unspecified atom stereocenters. The number of nitrogens with one attached hydrogen (secondary N) is 1. The van der Waals surface area contributed by atoms with Crippen LogP contribution in [-0.2, 0) is 28.4 Å². The fourth-order valence-corrected chi connectivity index (χ4v) is 6.39. The maximum absolute atomic E-state index is 15.1. The summed E-state index contributed by atoms with van der Waals surface area (Å²) in [6.45, 7) is 10.4. The molecule has 2 aromatic heterocycles. The van der Waals surface area contributed by atoms with E-state index < -0.39 is 21.9 Å². The van der Waals surface area contributed by atoms with Crippen LogP contribution in [0.15, 0.2) is 40.9 Å². The third-order valence-corrected chi connectivity index (χ3v) is 7.93. The van der Waals surface area contributed by atoms with E-state index in [0.29, 0.717) is 17.5 Å². The molecule has 10 heteroatoms. The van der Waals surface area contributed by atoms with Crippen LogP contribution in [0.5, 0.6) is 0 Å². The lowest BCUT2D eigenvalue weighted by molar-refractivity contribution is 0.201. The molecule has 1 aromatic carbocycles. The zero-order valence-corrected chi connectivity index (χ0v) is 20.8. The summed E-state index contributed by atoms with van der Waals surface area (Å²) in [4.78, 5) is 16.2. The molecule has 2 heterocycles. The van der Waals surface area contributed by atoms with E-state index in [9.17, 15) is 13.2 Å². The van der Waals surface area contributed by atoms with E-state index in [1.807, 2.05) is 39.2 Å². The molecular weight excluding hydrogens is 465 g/mol. The summed E-state index contributed by atoms with van der Waals surface area (Å²) in [5, 5.41) is 8.95. The van der Waals surface area contributed by atoms with Crippen LogP contribution in [0.2, 0.25) is 0 Å². The van der Waals surface area contributed by atoms with Crippen LogP contribution in [0.1, 0.15) is 50.9 Å². The average Bonchev–Trinajstić information content (AvgIpc) is 3.29. The Morgan fingerprint density at radius 2 is 1.97 bits per heavy atom. The van der Waals surface area contributed by atoms with E-state index >= 15 is 4.39 Å². The fraction of sp³-hybridized carbons (Fsp3) is 0.391. The Kier molecular flexibility index (Phi) is 6.99. The molecule has 0 spiro atoms. The van der Waals surface area contributed by atoms with Gasteiger partial charge < -0.3 is 9.67 Å². The Labute approximate surface area is 197 Å².